The molecule has 2 saturated heterocycles. The van der Waals surface area contributed by atoms with Gasteiger partial charge in [0, 0.05) is 24.4 Å². The number of carbonyl (C=O) groups is 2. The van der Waals surface area contributed by atoms with Gasteiger partial charge >= 0.3 is 11.9 Å². The summed E-state index contributed by atoms with van der Waals surface area (Å²) in [6.07, 6.45) is 0.387. The highest BCUT2D eigenvalue weighted by atomic mass is 28.4. The average Bonchev–Trinajstić information content (AvgIpc) is 3.58. The molecule has 8 nitrogen and oxygen atoms in total. The number of carbonyl (C=O) groups excluding carboxylic acids is 2. The molecule has 1 N–H and O–H groups in total. The lowest BCUT2D eigenvalue weighted by Gasteiger charge is -2.51. The lowest BCUT2D eigenvalue weighted by Crippen LogP contribution is -2.68. The van der Waals surface area contributed by atoms with Crippen molar-refractivity contribution in [3.8, 4) is 0 Å². The van der Waals surface area contributed by atoms with Gasteiger partial charge in [0.2, 0.25) is 5.60 Å². The molecule has 4 aliphatic rings. The molecular formula is C36H48O8Si. The summed E-state index contributed by atoms with van der Waals surface area (Å²) < 4.78 is 31.9. The van der Waals surface area contributed by atoms with Gasteiger partial charge in [-0.05, 0) is 48.5 Å². The molecular weight excluding hydrogens is 588 g/mol. The minimum Gasteiger partial charge on any atom is -0.456 e. The van der Waals surface area contributed by atoms with Crippen LogP contribution in [0, 0.1) is 16.7 Å². The first-order chi connectivity index (χ1) is 21.0. The standard InChI is InChI=1S/C36H48O8Si/c1-31(2,3)45(26-14-10-8-11-15-26,27-16-12-9-13-17-27)42-24-25-22-34(7,39)28(23-36(25)40-20-21-41-36)43-30(38)35-19-18-33(6,29(37)44-35)32(35,4)5/h8-17,25,28,39H,18-24H2,1-7H3/t25-,28-,33+,34+,35-/m1/s1. The Morgan fingerprint density at radius 1 is 0.911 bits per heavy atom. The van der Waals surface area contributed by atoms with Gasteiger partial charge in [-0.15, -0.1) is 0 Å². The zero-order valence-electron chi connectivity index (χ0n) is 27.7. The molecule has 244 valence electrons. The summed E-state index contributed by atoms with van der Waals surface area (Å²) in [6.45, 7) is 15.1. The van der Waals surface area contributed by atoms with E-state index < -0.39 is 48.2 Å². The Bertz CT molecular complexity index is 1390. The van der Waals surface area contributed by atoms with Crippen molar-refractivity contribution in [2.45, 2.75) is 102 Å². The van der Waals surface area contributed by atoms with Crippen molar-refractivity contribution in [1.29, 1.82) is 0 Å². The molecule has 2 aliphatic carbocycles. The zero-order chi connectivity index (χ0) is 32.5. The highest BCUT2D eigenvalue weighted by molar-refractivity contribution is 6.99. The number of ether oxygens (including phenoxy) is 4. The van der Waals surface area contributed by atoms with E-state index in [9.17, 15) is 14.7 Å². The molecule has 6 rings (SSSR count). The van der Waals surface area contributed by atoms with E-state index in [0.717, 1.165) is 10.4 Å². The summed E-state index contributed by atoms with van der Waals surface area (Å²) in [5.41, 5.74) is -4.30. The molecule has 2 saturated carbocycles. The molecule has 0 amide bonds. The van der Waals surface area contributed by atoms with Gasteiger partial charge in [-0.25, -0.2) is 4.79 Å². The van der Waals surface area contributed by atoms with E-state index in [1.54, 1.807) is 6.92 Å². The maximum atomic E-state index is 13.9. The molecule has 2 aromatic rings. The van der Waals surface area contributed by atoms with Gasteiger partial charge in [-0.1, -0.05) is 95.3 Å². The van der Waals surface area contributed by atoms with Crippen molar-refractivity contribution in [2.24, 2.45) is 16.7 Å². The van der Waals surface area contributed by atoms with Crippen molar-refractivity contribution >= 4 is 30.6 Å². The summed E-state index contributed by atoms with van der Waals surface area (Å²) in [5.74, 6) is -2.41. The first-order valence-electron chi connectivity index (χ1n) is 16.2. The van der Waals surface area contributed by atoms with Crippen molar-refractivity contribution in [2.75, 3.05) is 19.8 Å². The van der Waals surface area contributed by atoms with Gasteiger partial charge in [0.15, 0.2) is 5.79 Å². The van der Waals surface area contributed by atoms with E-state index in [0.29, 0.717) is 26.1 Å². The van der Waals surface area contributed by atoms with Gasteiger partial charge in [0.05, 0.1) is 24.2 Å². The molecule has 9 heteroatoms. The highest BCUT2D eigenvalue weighted by Crippen LogP contribution is 2.66. The third kappa shape index (κ3) is 4.67. The van der Waals surface area contributed by atoms with Gasteiger partial charge in [0.1, 0.15) is 6.10 Å². The minimum atomic E-state index is -2.87. The second kappa shape index (κ2) is 10.7. The molecule has 2 heterocycles. The molecule has 45 heavy (non-hydrogen) atoms. The SMILES string of the molecule is CC1(C)[C@@]2(C)CC[C@]1(C(=O)O[C@@H]1CC3(OCCO3)[C@@H](CO[Si](c3ccccc3)(c3ccccc3)C(C)(C)C)C[C@]1(C)O)OC2=O. The molecule has 4 fully saturated rings. The van der Waals surface area contributed by atoms with E-state index in [1.807, 2.05) is 32.9 Å². The third-order valence-electron chi connectivity index (χ3n) is 11.8. The summed E-state index contributed by atoms with van der Waals surface area (Å²) >= 11 is 0. The number of hydrogen-bond acceptors (Lipinski definition) is 8. The van der Waals surface area contributed by atoms with Crippen molar-refractivity contribution in [1.82, 2.24) is 0 Å². The largest absolute Gasteiger partial charge is 0.456 e. The summed E-state index contributed by atoms with van der Waals surface area (Å²) in [5, 5.41) is 14.0. The monoisotopic (exact) mass is 636 g/mol. The fourth-order valence-corrected chi connectivity index (χ4v) is 13.1. The number of aliphatic hydroxyl groups is 1. The summed E-state index contributed by atoms with van der Waals surface area (Å²) in [4.78, 5) is 26.8. The van der Waals surface area contributed by atoms with E-state index >= 15 is 0 Å². The molecule has 0 radical (unpaired) electrons. The topological polar surface area (TPSA) is 101 Å². The maximum absolute atomic E-state index is 13.9. The Morgan fingerprint density at radius 3 is 1.93 bits per heavy atom. The highest BCUT2D eigenvalue weighted by Gasteiger charge is 2.77. The molecule has 0 unspecified atom stereocenters. The zero-order valence-corrected chi connectivity index (χ0v) is 28.7. The van der Waals surface area contributed by atoms with Crippen LogP contribution in [0.4, 0.5) is 0 Å². The van der Waals surface area contributed by atoms with Crippen LogP contribution in [-0.2, 0) is 33.0 Å². The Morgan fingerprint density at radius 2 is 1.47 bits per heavy atom. The fraction of sp³-hybridized carbons (Fsp3) is 0.611. The van der Waals surface area contributed by atoms with Gasteiger partial charge in [-0.2, -0.15) is 0 Å². The van der Waals surface area contributed by atoms with Crippen LogP contribution in [0.25, 0.3) is 0 Å². The van der Waals surface area contributed by atoms with E-state index in [1.165, 1.54) is 0 Å². The lowest BCUT2D eigenvalue weighted by molar-refractivity contribution is -0.275. The van der Waals surface area contributed by atoms with E-state index in [2.05, 4.69) is 69.3 Å². The van der Waals surface area contributed by atoms with Crippen LogP contribution in [-0.4, -0.2) is 68.3 Å². The second-order valence-electron chi connectivity index (χ2n) is 15.5. The van der Waals surface area contributed by atoms with Crippen LogP contribution in [0.2, 0.25) is 5.04 Å². The van der Waals surface area contributed by atoms with Crippen molar-refractivity contribution in [3.05, 3.63) is 60.7 Å². The van der Waals surface area contributed by atoms with Crippen LogP contribution in [0.1, 0.15) is 74.1 Å². The maximum Gasteiger partial charge on any atom is 0.351 e. The summed E-state index contributed by atoms with van der Waals surface area (Å²) in [6, 6.07) is 20.9. The summed E-state index contributed by atoms with van der Waals surface area (Å²) in [7, 11) is -2.87. The Kier molecular flexibility index (Phi) is 7.73. The van der Waals surface area contributed by atoms with Crippen LogP contribution in [0.15, 0.2) is 60.7 Å². The van der Waals surface area contributed by atoms with Crippen LogP contribution < -0.4 is 10.4 Å². The van der Waals surface area contributed by atoms with Crippen molar-refractivity contribution < 1.29 is 38.1 Å². The normalized spacial score (nSPS) is 33.7. The van der Waals surface area contributed by atoms with Crippen LogP contribution in [0.5, 0.6) is 0 Å². The van der Waals surface area contributed by atoms with Gasteiger partial charge < -0.3 is 28.5 Å². The molecule has 5 atom stereocenters. The van der Waals surface area contributed by atoms with Crippen molar-refractivity contribution in [3.63, 3.8) is 0 Å². The Hall–Kier alpha value is -2.56. The number of hydrogen-bond donors (Lipinski definition) is 1. The smallest absolute Gasteiger partial charge is 0.351 e. The third-order valence-corrected chi connectivity index (χ3v) is 16.8. The number of rotatable bonds is 7. The van der Waals surface area contributed by atoms with E-state index in [-0.39, 0.29) is 36.4 Å². The number of benzene rings is 2. The van der Waals surface area contributed by atoms with Crippen LogP contribution in [0.3, 0.4) is 0 Å². The number of esters is 2. The molecule has 1 spiro atoms. The second-order valence-corrected chi connectivity index (χ2v) is 19.8. The van der Waals surface area contributed by atoms with E-state index in [4.69, 9.17) is 23.4 Å². The predicted octanol–water partition coefficient (Wildman–Crippen LogP) is 4.50. The van der Waals surface area contributed by atoms with Gasteiger partial charge in [-0.3, -0.25) is 4.79 Å². The Labute approximate surface area is 267 Å². The van der Waals surface area contributed by atoms with Gasteiger partial charge in [0.25, 0.3) is 8.32 Å². The lowest BCUT2D eigenvalue weighted by atomic mass is 9.66. The van der Waals surface area contributed by atoms with Crippen LogP contribution >= 0.6 is 0 Å². The molecule has 2 aliphatic heterocycles. The minimum absolute atomic E-state index is 0.141. The average molecular weight is 637 g/mol. The first kappa shape index (κ1) is 32.4. The molecule has 2 bridgehead atoms. The quantitative estimate of drug-likeness (QED) is 0.351. The first-order valence-corrected chi connectivity index (χ1v) is 18.2. The molecule has 0 aromatic heterocycles. The fourth-order valence-electron chi connectivity index (χ4n) is 8.52. The number of fused-ring (bicyclic) bond motifs is 2. The Balaban J connectivity index is 1.30. The molecule has 2 aromatic carbocycles. The predicted molar refractivity (Wildman–Crippen MR) is 171 cm³/mol.